The highest BCUT2D eigenvalue weighted by Gasteiger charge is 2.27. The molecule has 0 bridgehead atoms. The fraction of sp³-hybridized carbons (Fsp3) is 0.786. The zero-order chi connectivity index (χ0) is 14.0. The highest BCUT2D eigenvalue weighted by molar-refractivity contribution is 9.10. The van der Waals surface area contributed by atoms with Gasteiger partial charge in [0.25, 0.3) is 0 Å². The number of nitrogens with zero attached hydrogens (tertiary/aromatic N) is 2. The molecule has 0 saturated heterocycles. The molecule has 18 heavy (non-hydrogen) atoms. The molecular formula is C14H26BrN3. The molecule has 0 unspecified atom stereocenters. The average molecular weight is 316 g/mol. The molecule has 0 aliphatic carbocycles. The van der Waals surface area contributed by atoms with Crippen molar-refractivity contribution in [1.29, 1.82) is 0 Å². The lowest BCUT2D eigenvalue weighted by Crippen LogP contribution is -2.39. The van der Waals surface area contributed by atoms with Crippen LogP contribution >= 0.6 is 15.9 Å². The molecule has 1 rings (SSSR count). The highest BCUT2D eigenvalue weighted by atomic mass is 79.9. The molecule has 4 heteroatoms. The first-order valence-electron chi connectivity index (χ1n) is 6.64. The van der Waals surface area contributed by atoms with Gasteiger partial charge in [-0.2, -0.15) is 5.10 Å². The smallest absolute Gasteiger partial charge is 0.0635 e. The minimum absolute atomic E-state index is 0.115. The molecule has 0 fully saturated rings. The lowest BCUT2D eigenvalue weighted by Gasteiger charge is -2.29. The molecule has 1 heterocycles. The third-order valence-electron chi connectivity index (χ3n) is 3.14. The summed E-state index contributed by atoms with van der Waals surface area (Å²) in [6.45, 7) is 15.2. The molecule has 0 saturated carbocycles. The van der Waals surface area contributed by atoms with Crippen molar-refractivity contribution in [3.63, 3.8) is 0 Å². The highest BCUT2D eigenvalue weighted by Crippen LogP contribution is 2.32. The first-order valence-corrected chi connectivity index (χ1v) is 7.43. The fourth-order valence-corrected chi connectivity index (χ4v) is 2.98. The van der Waals surface area contributed by atoms with Crippen LogP contribution in [-0.4, -0.2) is 21.9 Å². The van der Waals surface area contributed by atoms with Gasteiger partial charge in [-0.15, -0.1) is 0 Å². The number of rotatable bonds is 5. The summed E-state index contributed by atoms with van der Waals surface area (Å²) < 4.78 is 3.20. The number of hydrogen-bond donors (Lipinski definition) is 1. The van der Waals surface area contributed by atoms with Crippen molar-refractivity contribution < 1.29 is 0 Å². The Morgan fingerprint density at radius 1 is 1.28 bits per heavy atom. The number of aryl methyl sites for hydroxylation is 1. The summed E-state index contributed by atoms with van der Waals surface area (Å²) in [5.74, 6) is 0. The van der Waals surface area contributed by atoms with E-state index in [0.29, 0.717) is 0 Å². The predicted molar refractivity (Wildman–Crippen MR) is 81.0 cm³/mol. The SMILES string of the molecule is CCn1ncc(Br)c1C(C)(C)CCNC(C)(C)C. The number of hydrogen-bond acceptors (Lipinski definition) is 2. The van der Waals surface area contributed by atoms with E-state index in [1.54, 1.807) is 0 Å². The van der Waals surface area contributed by atoms with Crippen molar-refractivity contribution in [2.45, 2.75) is 65.5 Å². The number of aromatic nitrogens is 2. The predicted octanol–water partition coefficient (Wildman–Crippen LogP) is 3.72. The van der Waals surface area contributed by atoms with Crippen LogP contribution in [0.4, 0.5) is 0 Å². The number of nitrogens with one attached hydrogen (secondary N) is 1. The summed E-state index contributed by atoms with van der Waals surface area (Å²) in [7, 11) is 0. The van der Waals surface area contributed by atoms with Crippen molar-refractivity contribution >= 4 is 15.9 Å². The van der Waals surface area contributed by atoms with Gasteiger partial charge in [0.15, 0.2) is 0 Å². The Hall–Kier alpha value is -0.350. The molecule has 0 aliphatic rings. The van der Waals surface area contributed by atoms with E-state index in [1.165, 1.54) is 5.69 Å². The van der Waals surface area contributed by atoms with Gasteiger partial charge in [0.2, 0.25) is 0 Å². The van der Waals surface area contributed by atoms with E-state index in [4.69, 9.17) is 0 Å². The molecule has 0 atom stereocenters. The van der Waals surface area contributed by atoms with E-state index in [0.717, 1.165) is 24.0 Å². The van der Waals surface area contributed by atoms with Crippen LogP contribution < -0.4 is 5.32 Å². The molecule has 0 radical (unpaired) electrons. The Labute approximate surface area is 119 Å². The van der Waals surface area contributed by atoms with E-state index in [1.807, 2.05) is 6.20 Å². The molecular weight excluding hydrogens is 290 g/mol. The van der Waals surface area contributed by atoms with E-state index in [-0.39, 0.29) is 11.0 Å². The molecule has 0 spiro atoms. The Bertz CT molecular complexity index is 388. The van der Waals surface area contributed by atoms with Crippen molar-refractivity contribution in [3.05, 3.63) is 16.4 Å². The summed E-state index contributed by atoms with van der Waals surface area (Å²) in [5, 5.41) is 7.96. The topological polar surface area (TPSA) is 29.9 Å². The largest absolute Gasteiger partial charge is 0.312 e. The van der Waals surface area contributed by atoms with Crippen molar-refractivity contribution in [1.82, 2.24) is 15.1 Å². The van der Waals surface area contributed by atoms with Crippen LogP contribution in [0, 0.1) is 0 Å². The van der Waals surface area contributed by atoms with Crippen LogP contribution in [-0.2, 0) is 12.0 Å². The van der Waals surface area contributed by atoms with Crippen LogP contribution in [0.1, 0.15) is 53.7 Å². The van der Waals surface area contributed by atoms with Crippen LogP contribution in [0.2, 0.25) is 0 Å². The second kappa shape index (κ2) is 5.74. The number of halogens is 1. The fourth-order valence-electron chi connectivity index (χ4n) is 2.14. The van der Waals surface area contributed by atoms with E-state index < -0.39 is 0 Å². The summed E-state index contributed by atoms with van der Waals surface area (Å²) in [6, 6.07) is 0. The Morgan fingerprint density at radius 3 is 2.39 bits per heavy atom. The average Bonchev–Trinajstić information content (AvgIpc) is 2.57. The van der Waals surface area contributed by atoms with Gasteiger partial charge in [0, 0.05) is 17.5 Å². The molecule has 1 N–H and O–H groups in total. The van der Waals surface area contributed by atoms with Crippen molar-refractivity contribution in [2.24, 2.45) is 0 Å². The van der Waals surface area contributed by atoms with Gasteiger partial charge < -0.3 is 5.32 Å². The quantitative estimate of drug-likeness (QED) is 0.897. The summed E-state index contributed by atoms with van der Waals surface area (Å²) >= 11 is 3.62. The lowest BCUT2D eigenvalue weighted by atomic mass is 9.85. The maximum Gasteiger partial charge on any atom is 0.0635 e. The van der Waals surface area contributed by atoms with Gasteiger partial charge >= 0.3 is 0 Å². The summed E-state index contributed by atoms with van der Waals surface area (Å²) in [5.41, 5.74) is 1.59. The van der Waals surface area contributed by atoms with Crippen LogP contribution in [0.25, 0.3) is 0 Å². The molecule has 3 nitrogen and oxygen atoms in total. The lowest BCUT2D eigenvalue weighted by molar-refractivity contribution is 0.364. The first kappa shape index (κ1) is 15.7. The van der Waals surface area contributed by atoms with E-state index in [9.17, 15) is 0 Å². The molecule has 0 aliphatic heterocycles. The zero-order valence-corrected chi connectivity index (χ0v) is 14.1. The molecule has 104 valence electrons. The molecule has 0 aromatic carbocycles. The van der Waals surface area contributed by atoms with Crippen LogP contribution in [0.3, 0.4) is 0 Å². The standard InChI is InChI=1S/C14H26BrN3/c1-7-18-12(11(15)10-17-18)14(5,6)8-9-16-13(2,3)4/h10,16H,7-9H2,1-6H3. The first-order chi connectivity index (χ1) is 8.17. The maximum atomic E-state index is 4.41. The molecule has 1 aromatic rings. The third kappa shape index (κ3) is 4.09. The van der Waals surface area contributed by atoms with E-state index in [2.05, 4.69) is 72.6 Å². The van der Waals surface area contributed by atoms with Gasteiger partial charge in [-0.3, -0.25) is 4.68 Å². The minimum Gasteiger partial charge on any atom is -0.312 e. The second-order valence-corrected chi connectivity index (χ2v) is 7.32. The monoisotopic (exact) mass is 315 g/mol. The van der Waals surface area contributed by atoms with Crippen molar-refractivity contribution in [3.8, 4) is 0 Å². The Balaban J connectivity index is 2.76. The Kier molecular flexibility index (Phi) is 5.01. The normalized spacial score (nSPS) is 13.1. The van der Waals surface area contributed by atoms with Gasteiger partial charge in [-0.25, -0.2) is 0 Å². The van der Waals surface area contributed by atoms with Gasteiger partial charge in [-0.1, -0.05) is 13.8 Å². The van der Waals surface area contributed by atoms with Crippen molar-refractivity contribution in [2.75, 3.05) is 6.54 Å². The van der Waals surface area contributed by atoms with Gasteiger partial charge in [0.05, 0.1) is 16.4 Å². The minimum atomic E-state index is 0.115. The van der Waals surface area contributed by atoms with Gasteiger partial charge in [0.1, 0.15) is 0 Å². The van der Waals surface area contributed by atoms with Gasteiger partial charge in [-0.05, 0) is 56.6 Å². The second-order valence-electron chi connectivity index (χ2n) is 6.47. The Morgan fingerprint density at radius 2 is 1.89 bits per heavy atom. The summed E-state index contributed by atoms with van der Waals surface area (Å²) in [6.07, 6.45) is 2.99. The summed E-state index contributed by atoms with van der Waals surface area (Å²) in [4.78, 5) is 0. The van der Waals surface area contributed by atoms with Crippen LogP contribution in [0.15, 0.2) is 10.7 Å². The maximum absolute atomic E-state index is 4.41. The van der Waals surface area contributed by atoms with E-state index >= 15 is 0 Å². The zero-order valence-electron chi connectivity index (χ0n) is 12.5. The third-order valence-corrected chi connectivity index (χ3v) is 3.72. The molecule has 0 amide bonds. The molecule has 1 aromatic heterocycles. The van der Waals surface area contributed by atoms with Crippen LogP contribution in [0.5, 0.6) is 0 Å².